The number of aliphatic hydroxyl groups is 1. The van der Waals surface area contributed by atoms with Crippen LogP contribution in [0.15, 0.2) is 17.9 Å². The van der Waals surface area contributed by atoms with E-state index in [0.29, 0.717) is 0 Å². The Labute approximate surface area is 92.5 Å². The first-order chi connectivity index (χ1) is 7.95. The van der Waals surface area contributed by atoms with E-state index in [1.54, 1.807) is 0 Å². The van der Waals surface area contributed by atoms with Crippen molar-refractivity contribution in [3.05, 3.63) is 52.6 Å². The van der Waals surface area contributed by atoms with Crippen LogP contribution in [0.3, 0.4) is 0 Å². The maximum absolute atomic E-state index is 13.3. The van der Waals surface area contributed by atoms with Crippen LogP contribution in [0.25, 0.3) is 5.57 Å². The van der Waals surface area contributed by atoms with Crippen LogP contribution in [0.2, 0.25) is 0 Å². The highest BCUT2D eigenvalue weighted by Crippen LogP contribution is 2.33. The van der Waals surface area contributed by atoms with Crippen LogP contribution in [0.1, 0.15) is 12.0 Å². The Morgan fingerprint density at radius 3 is 1.71 bits per heavy atom. The minimum atomic E-state index is -2.22. The maximum atomic E-state index is 13.3. The van der Waals surface area contributed by atoms with Gasteiger partial charge < -0.3 is 5.11 Å². The quantitative estimate of drug-likeness (QED) is 0.457. The Balaban J connectivity index is 2.79. The van der Waals surface area contributed by atoms with E-state index >= 15 is 0 Å². The fraction of sp³-hybridized carbons (Fsp3) is 0.0909. The van der Waals surface area contributed by atoms with E-state index < -0.39 is 46.0 Å². The van der Waals surface area contributed by atoms with Crippen molar-refractivity contribution in [2.45, 2.75) is 6.42 Å². The summed E-state index contributed by atoms with van der Waals surface area (Å²) in [5.74, 6) is -10.6. The molecule has 0 saturated heterocycles. The molecule has 90 valence electrons. The van der Waals surface area contributed by atoms with Crippen LogP contribution in [0, 0.1) is 29.1 Å². The third-order valence-corrected chi connectivity index (χ3v) is 2.39. The first kappa shape index (κ1) is 11.6. The van der Waals surface area contributed by atoms with Crippen molar-refractivity contribution in [1.29, 1.82) is 0 Å². The Morgan fingerprint density at radius 1 is 0.824 bits per heavy atom. The van der Waals surface area contributed by atoms with E-state index in [4.69, 9.17) is 0 Å². The SMILES string of the molecule is OC1=C(c2c(F)c(F)c(F)c(F)c2F)C=CC1. The van der Waals surface area contributed by atoms with E-state index in [0.717, 1.165) is 6.08 Å². The van der Waals surface area contributed by atoms with Crippen molar-refractivity contribution in [3.63, 3.8) is 0 Å². The summed E-state index contributed by atoms with van der Waals surface area (Å²) in [7, 11) is 0. The first-order valence-electron chi connectivity index (χ1n) is 4.55. The molecule has 0 spiro atoms. The number of hydrogen-bond acceptors (Lipinski definition) is 1. The maximum Gasteiger partial charge on any atom is 0.200 e. The second-order valence-corrected chi connectivity index (χ2v) is 3.41. The van der Waals surface area contributed by atoms with Crippen LogP contribution in [-0.2, 0) is 0 Å². The molecular weight excluding hydrogens is 243 g/mol. The zero-order valence-electron chi connectivity index (χ0n) is 8.20. The molecule has 0 saturated carbocycles. The van der Waals surface area contributed by atoms with Crippen LogP contribution < -0.4 is 0 Å². The van der Waals surface area contributed by atoms with E-state index in [1.165, 1.54) is 6.08 Å². The lowest BCUT2D eigenvalue weighted by atomic mass is 10.0. The molecule has 0 heterocycles. The topological polar surface area (TPSA) is 20.2 Å². The summed E-state index contributed by atoms with van der Waals surface area (Å²) in [5.41, 5.74) is -1.49. The van der Waals surface area contributed by atoms with Gasteiger partial charge in [-0.1, -0.05) is 12.2 Å². The van der Waals surface area contributed by atoms with Crippen LogP contribution in [0.4, 0.5) is 22.0 Å². The van der Waals surface area contributed by atoms with Gasteiger partial charge in [-0.15, -0.1) is 0 Å². The van der Waals surface area contributed by atoms with Crippen molar-refractivity contribution < 1.29 is 27.1 Å². The molecule has 0 fully saturated rings. The molecule has 0 radical (unpaired) electrons. The zero-order chi connectivity index (χ0) is 12.7. The number of rotatable bonds is 1. The lowest BCUT2D eigenvalue weighted by Gasteiger charge is -2.08. The van der Waals surface area contributed by atoms with Gasteiger partial charge in [-0.3, -0.25) is 0 Å². The molecule has 0 amide bonds. The lowest BCUT2D eigenvalue weighted by Crippen LogP contribution is -2.06. The predicted molar refractivity (Wildman–Crippen MR) is 49.5 cm³/mol. The summed E-state index contributed by atoms with van der Waals surface area (Å²) in [5, 5.41) is 9.29. The van der Waals surface area contributed by atoms with Gasteiger partial charge >= 0.3 is 0 Å². The van der Waals surface area contributed by atoms with Crippen LogP contribution >= 0.6 is 0 Å². The average molecular weight is 248 g/mol. The van der Waals surface area contributed by atoms with Crippen molar-refractivity contribution in [2.75, 3.05) is 0 Å². The van der Waals surface area contributed by atoms with Crippen LogP contribution in [-0.4, -0.2) is 5.11 Å². The van der Waals surface area contributed by atoms with Gasteiger partial charge in [-0.05, 0) is 0 Å². The molecule has 1 aliphatic rings. The molecule has 6 heteroatoms. The molecule has 2 rings (SSSR count). The fourth-order valence-electron chi connectivity index (χ4n) is 1.56. The van der Waals surface area contributed by atoms with Gasteiger partial charge in [-0.2, -0.15) is 0 Å². The Bertz CT molecular complexity index is 530. The fourth-order valence-corrected chi connectivity index (χ4v) is 1.56. The highest BCUT2D eigenvalue weighted by Gasteiger charge is 2.28. The van der Waals surface area contributed by atoms with E-state index in [9.17, 15) is 27.1 Å². The normalized spacial score (nSPS) is 14.9. The van der Waals surface area contributed by atoms with E-state index in [1.807, 2.05) is 0 Å². The largest absolute Gasteiger partial charge is 0.511 e. The molecular formula is C11H5F5O. The van der Waals surface area contributed by atoms with Gasteiger partial charge in [0, 0.05) is 12.0 Å². The third kappa shape index (κ3) is 1.60. The monoisotopic (exact) mass is 248 g/mol. The number of benzene rings is 1. The van der Waals surface area contributed by atoms with E-state index in [-0.39, 0.29) is 6.42 Å². The Hall–Kier alpha value is -1.85. The highest BCUT2D eigenvalue weighted by atomic mass is 19.2. The highest BCUT2D eigenvalue weighted by molar-refractivity contribution is 5.78. The summed E-state index contributed by atoms with van der Waals surface area (Å²) >= 11 is 0. The summed E-state index contributed by atoms with van der Waals surface area (Å²) in [4.78, 5) is 0. The second kappa shape index (κ2) is 3.87. The van der Waals surface area contributed by atoms with Crippen molar-refractivity contribution in [3.8, 4) is 0 Å². The summed E-state index contributed by atoms with van der Waals surface area (Å²) in [6, 6.07) is 0. The smallest absolute Gasteiger partial charge is 0.200 e. The summed E-state index contributed by atoms with van der Waals surface area (Å²) in [6.07, 6.45) is 2.45. The van der Waals surface area contributed by atoms with Crippen molar-refractivity contribution in [1.82, 2.24) is 0 Å². The number of halogens is 5. The molecule has 17 heavy (non-hydrogen) atoms. The molecule has 0 unspecified atom stereocenters. The molecule has 0 bridgehead atoms. The van der Waals surface area contributed by atoms with Gasteiger partial charge in [0.05, 0.1) is 5.56 Å². The average Bonchev–Trinajstić information content (AvgIpc) is 2.71. The van der Waals surface area contributed by atoms with Gasteiger partial charge in [0.25, 0.3) is 0 Å². The molecule has 1 aliphatic carbocycles. The van der Waals surface area contributed by atoms with Gasteiger partial charge in [0.1, 0.15) is 5.76 Å². The number of allylic oxidation sites excluding steroid dienone is 3. The number of hydrogen-bond donors (Lipinski definition) is 1. The predicted octanol–water partition coefficient (Wildman–Crippen LogP) is 3.61. The molecule has 0 aromatic heterocycles. The number of aliphatic hydroxyl groups excluding tert-OH is 1. The summed E-state index contributed by atoms with van der Waals surface area (Å²) < 4.78 is 65.2. The molecule has 1 nitrogen and oxygen atoms in total. The molecule has 0 atom stereocenters. The standard InChI is InChI=1S/C11H5F5O/c12-7-6(4-2-1-3-5(4)17)8(13)10(15)11(16)9(7)14/h1-2,17H,3H2. The zero-order valence-corrected chi connectivity index (χ0v) is 8.20. The molecule has 1 aromatic carbocycles. The minimum absolute atomic E-state index is 0.00513. The lowest BCUT2D eigenvalue weighted by molar-refractivity contribution is 0.374. The molecule has 0 aliphatic heterocycles. The van der Waals surface area contributed by atoms with E-state index in [2.05, 4.69) is 0 Å². The first-order valence-corrected chi connectivity index (χ1v) is 4.55. The van der Waals surface area contributed by atoms with Gasteiger partial charge in [0.15, 0.2) is 23.3 Å². The Morgan fingerprint density at radius 2 is 1.29 bits per heavy atom. The van der Waals surface area contributed by atoms with Crippen molar-refractivity contribution >= 4 is 5.57 Å². The van der Waals surface area contributed by atoms with Crippen LogP contribution in [0.5, 0.6) is 0 Å². The third-order valence-electron chi connectivity index (χ3n) is 2.39. The van der Waals surface area contributed by atoms with Gasteiger partial charge in [-0.25, -0.2) is 22.0 Å². The van der Waals surface area contributed by atoms with Gasteiger partial charge in [0.2, 0.25) is 5.82 Å². The van der Waals surface area contributed by atoms with Crippen molar-refractivity contribution in [2.24, 2.45) is 0 Å². The molecule has 1 N–H and O–H groups in total. The Kier molecular flexibility index (Phi) is 2.65. The molecule has 1 aromatic rings. The second-order valence-electron chi connectivity index (χ2n) is 3.41. The minimum Gasteiger partial charge on any atom is -0.511 e. The summed E-state index contributed by atoms with van der Waals surface area (Å²) in [6.45, 7) is 0.